The first kappa shape index (κ1) is 16.5. The lowest BCUT2D eigenvalue weighted by Gasteiger charge is -2.23. The first-order valence-electron chi connectivity index (χ1n) is 6.53. The zero-order valence-electron chi connectivity index (χ0n) is 11.6. The van der Waals surface area contributed by atoms with Crippen molar-refractivity contribution in [3.05, 3.63) is 35.4 Å². The number of carbonyl (C=O) groups is 1. The lowest BCUT2D eigenvalue weighted by Crippen LogP contribution is -2.47. The van der Waals surface area contributed by atoms with E-state index in [9.17, 15) is 18.7 Å². The summed E-state index contributed by atoms with van der Waals surface area (Å²) in [4.78, 5) is 11.3. The normalized spacial score (nSPS) is 15.7. The molecule has 0 heterocycles. The van der Waals surface area contributed by atoms with Crippen LogP contribution in [-0.4, -0.2) is 23.6 Å². The van der Waals surface area contributed by atoms with Crippen molar-refractivity contribution in [1.82, 2.24) is 5.32 Å². The Balaban J connectivity index is 2.75. The molecule has 0 saturated heterocycles. The molecule has 1 amide bonds. The van der Waals surface area contributed by atoms with Crippen LogP contribution in [0, 0.1) is 17.6 Å². The van der Waals surface area contributed by atoms with Crippen molar-refractivity contribution in [1.29, 1.82) is 0 Å². The molecule has 3 unspecified atom stereocenters. The molecule has 4 nitrogen and oxygen atoms in total. The molecule has 0 spiro atoms. The van der Waals surface area contributed by atoms with Gasteiger partial charge in [-0.3, -0.25) is 4.79 Å². The molecule has 1 aromatic rings. The van der Waals surface area contributed by atoms with Crippen molar-refractivity contribution in [2.24, 2.45) is 11.7 Å². The van der Waals surface area contributed by atoms with E-state index in [0.29, 0.717) is 6.42 Å². The van der Waals surface area contributed by atoms with E-state index < -0.39 is 35.3 Å². The molecule has 112 valence electrons. The van der Waals surface area contributed by atoms with Gasteiger partial charge in [-0.15, -0.1) is 0 Å². The van der Waals surface area contributed by atoms with Gasteiger partial charge in [-0.05, 0) is 18.1 Å². The summed E-state index contributed by atoms with van der Waals surface area (Å²) in [5, 5.41) is 12.6. The number of nitrogens with two attached hydrogens (primary N) is 1. The van der Waals surface area contributed by atoms with Gasteiger partial charge in [-0.2, -0.15) is 0 Å². The van der Waals surface area contributed by atoms with Crippen LogP contribution in [0.25, 0.3) is 0 Å². The molecule has 20 heavy (non-hydrogen) atoms. The van der Waals surface area contributed by atoms with Crippen LogP contribution in [0.2, 0.25) is 0 Å². The van der Waals surface area contributed by atoms with E-state index in [1.807, 2.05) is 13.8 Å². The van der Waals surface area contributed by atoms with Gasteiger partial charge in [0.1, 0.15) is 11.6 Å². The molecule has 0 aliphatic carbocycles. The lowest BCUT2D eigenvalue weighted by molar-refractivity contribution is -0.121. The smallest absolute Gasteiger partial charge is 0.234 e. The minimum atomic E-state index is -1.39. The number of halogens is 2. The third-order valence-corrected chi connectivity index (χ3v) is 3.38. The van der Waals surface area contributed by atoms with Crippen LogP contribution >= 0.6 is 0 Å². The Morgan fingerprint density at radius 2 is 1.95 bits per heavy atom. The number of rotatable bonds is 7. The summed E-state index contributed by atoms with van der Waals surface area (Å²) in [5.41, 5.74) is 4.86. The SMILES string of the molecule is CCC(C)C(NCC(O)c1c(F)cccc1F)C(N)=O. The molecule has 1 aromatic carbocycles. The molecule has 3 atom stereocenters. The van der Waals surface area contributed by atoms with E-state index >= 15 is 0 Å². The zero-order chi connectivity index (χ0) is 15.3. The van der Waals surface area contributed by atoms with E-state index in [2.05, 4.69) is 5.32 Å². The maximum absolute atomic E-state index is 13.5. The fourth-order valence-corrected chi connectivity index (χ4v) is 1.99. The highest BCUT2D eigenvalue weighted by atomic mass is 19.1. The number of aliphatic hydroxyl groups excluding tert-OH is 1. The van der Waals surface area contributed by atoms with Crippen LogP contribution < -0.4 is 11.1 Å². The second-order valence-electron chi connectivity index (χ2n) is 4.82. The fraction of sp³-hybridized carbons (Fsp3) is 0.500. The van der Waals surface area contributed by atoms with E-state index in [-0.39, 0.29) is 12.5 Å². The van der Waals surface area contributed by atoms with Crippen molar-refractivity contribution >= 4 is 5.91 Å². The van der Waals surface area contributed by atoms with Crippen molar-refractivity contribution in [3.63, 3.8) is 0 Å². The predicted octanol–water partition coefficient (Wildman–Crippen LogP) is 1.49. The molecule has 4 N–H and O–H groups in total. The third kappa shape index (κ3) is 3.98. The molecule has 0 radical (unpaired) electrons. The highest BCUT2D eigenvalue weighted by Gasteiger charge is 2.24. The van der Waals surface area contributed by atoms with Gasteiger partial charge in [0, 0.05) is 6.54 Å². The number of hydrogen-bond donors (Lipinski definition) is 3. The lowest BCUT2D eigenvalue weighted by atomic mass is 9.98. The van der Waals surface area contributed by atoms with Crippen LogP contribution in [0.4, 0.5) is 8.78 Å². The molecule has 0 saturated carbocycles. The number of aliphatic hydroxyl groups is 1. The van der Waals surface area contributed by atoms with Gasteiger partial charge in [0.2, 0.25) is 5.91 Å². The van der Waals surface area contributed by atoms with Crippen LogP contribution in [0.1, 0.15) is 31.9 Å². The number of primary amides is 1. The average molecular weight is 286 g/mol. The molecule has 0 fully saturated rings. The average Bonchev–Trinajstić information content (AvgIpc) is 2.37. The number of amides is 1. The van der Waals surface area contributed by atoms with Gasteiger partial charge in [-0.25, -0.2) is 8.78 Å². The zero-order valence-corrected chi connectivity index (χ0v) is 11.6. The topological polar surface area (TPSA) is 75.3 Å². The second kappa shape index (κ2) is 7.31. The Morgan fingerprint density at radius 1 is 1.40 bits per heavy atom. The number of hydrogen-bond acceptors (Lipinski definition) is 3. The molecule has 0 aromatic heterocycles. The first-order valence-corrected chi connectivity index (χ1v) is 6.53. The number of benzene rings is 1. The fourth-order valence-electron chi connectivity index (χ4n) is 1.99. The Kier molecular flexibility index (Phi) is 6.04. The Bertz CT molecular complexity index is 448. The van der Waals surface area contributed by atoms with Crippen LogP contribution in [0.3, 0.4) is 0 Å². The Labute approximate surface area is 117 Å². The van der Waals surface area contributed by atoms with Gasteiger partial charge < -0.3 is 16.2 Å². The molecule has 1 rings (SSSR count). The summed E-state index contributed by atoms with van der Waals surface area (Å²) < 4.78 is 27.0. The molecule has 0 bridgehead atoms. The van der Waals surface area contributed by atoms with Crippen molar-refractivity contribution in [2.45, 2.75) is 32.4 Å². The van der Waals surface area contributed by atoms with Crippen LogP contribution in [-0.2, 0) is 4.79 Å². The summed E-state index contributed by atoms with van der Waals surface area (Å²) in [6.07, 6.45) is -0.674. The summed E-state index contributed by atoms with van der Waals surface area (Å²) in [5.74, 6) is -2.23. The number of carbonyl (C=O) groups excluding carboxylic acids is 1. The number of nitrogens with one attached hydrogen (secondary N) is 1. The highest BCUT2D eigenvalue weighted by molar-refractivity contribution is 5.80. The van der Waals surface area contributed by atoms with Gasteiger partial charge in [0.15, 0.2) is 0 Å². The predicted molar refractivity (Wildman–Crippen MR) is 71.8 cm³/mol. The molecular weight excluding hydrogens is 266 g/mol. The van der Waals surface area contributed by atoms with Crippen LogP contribution in [0.5, 0.6) is 0 Å². The Hall–Kier alpha value is -1.53. The van der Waals surface area contributed by atoms with E-state index in [1.165, 1.54) is 6.07 Å². The maximum atomic E-state index is 13.5. The minimum absolute atomic E-state index is 0.0369. The van der Waals surface area contributed by atoms with Crippen molar-refractivity contribution in [3.8, 4) is 0 Å². The maximum Gasteiger partial charge on any atom is 0.234 e. The van der Waals surface area contributed by atoms with Crippen LogP contribution in [0.15, 0.2) is 18.2 Å². The molecule has 6 heteroatoms. The Morgan fingerprint density at radius 3 is 2.40 bits per heavy atom. The van der Waals surface area contributed by atoms with Gasteiger partial charge in [-0.1, -0.05) is 26.3 Å². The molecule has 0 aliphatic heterocycles. The first-order chi connectivity index (χ1) is 9.38. The van der Waals surface area contributed by atoms with Crippen molar-refractivity contribution < 1.29 is 18.7 Å². The van der Waals surface area contributed by atoms with Gasteiger partial charge >= 0.3 is 0 Å². The van der Waals surface area contributed by atoms with E-state index in [1.54, 1.807) is 0 Å². The van der Waals surface area contributed by atoms with E-state index in [0.717, 1.165) is 12.1 Å². The van der Waals surface area contributed by atoms with Gasteiger partial charge in [0.25, 0.3) is 0 Å². The minimum Gasteiger partial charge on any atom is -0.387 e. The monoisotopic (exact) mass is 286 g/mol. The highest BCUT2D eigenvalue weighted by Crippen LogP contribution is 2.20. The summed E-state index contributed by atoms with van der Waals surface area (Å²) in [6.45, 7) is 3.57. The second-order valence-corrected chi connectivity index (χ2v) is 4.82. The quantitative estimate of drug-likeness (QED) is 0.711. The third-order valence-electron chi connectivity index (χ3n) is 3.38. The van der Waals surface area contributed by atoms with Gasteiger partial charge in [0.05, 0.1) is 17.7 Å². The van der Waals surface area contributed by atoms with Crippen molar-refractivity contribution in [2.75, 3.05) is 6.54 Å². The summed E-state index contributed by atoms with van der Waals surface area (Å²) in [6, 6.07) is 2.72. The molecular formula is C14H20F2N2O2. The summed E-state index contributed by atoms with van der Waals surface area (Å²) in [7, 11) is 0. The summed E-state index contributed by atoms with van der Waals surface area (Å²) >= 11 is 0. The standard InChI is InChI=1S/C14H20F2N2O2/c1-3-8(2)13(14(17)20)18-7-11(19)12-9(15)5-4-6-10(12)16/h4-6,8,11,13,18-19H,3,7H2,1-2H3,(H2,17,20). The molecule has 0 aliphatic rings. The largest absolute Gasteiger partial charge is 0.387 e. The van der Waals surface area contributed by atoms with E-state index in [4.69, 9.17) is 5.73 Å².